The molecule has 1 fully saturated rings. The molecular formula is C8H17N. The molecule has 0 aromatic heterocycles. The Hall–Kier alpha value is -0.0400. The van der Waals surface area contributed by atoms with Crippen LogP contribution in [0.3, 0.4) is 0 Å². The highest BCUT2D eigenvalue weighted by molar-refractivity contribution is 4.76. The SMILES string of the molecule is CC[C@@H](C)NCC1CC1. The van der Waals surface area contributed by atoms with Gasteiger partial charge in [-0.25, -0.2) is 0 Å². The van der Waals surface area contributed by atoms with Gasteiger partial charge < -0.3 is 5.32 Å². The van der Waals surface area contributed by atoms with Gasteiger partial charge in [0.25, 0.3) is 0 Å². The predicted octanol–water partition coefficient (Wildman–Crippen LogP) is 1.78. The van der Waals surface area contributed by atoms with Crippen molar-refractivity contribution in [2.45, 2.75) is 39.2 Å². The molecule has 54 valence electrons. The summed E-state index contributed by atoms with van der Waals surface area (Å²) in [6.07, 6.45) is 4.18. The molecule has 0 amide bonds. The molecule has 1 aliphatic rings. The van der Waals surface area contributed by atoms with Crippen LogP contribution in [0.1, 0.15) is 33.1 Å². The van der Waals surface area contributed by atoms with Gasteiger partial charge in [-0.1, -0.05) is 6.92 Å². The fraction of sp³-hybridized carbons (Fsp3) is 1.00. The lowest BCUT2D eigenvalue weighted by Gasteiger charge is -2.09. The highest BCUT2D eigenvalue weighted by Gasteiger charge is 2.20. The van der Waals surface area contributed by atoms with Crippen molar-refractivity contribution in [2.24, 2.45) is 5.92 Å². The predicted molar refractivity (Wildman–Crippen MR) is 40.5 cm³/mol. The van der Waals surface area contributed by atoms with Gasteiger partial charge in [0.2, 0.25) is 0 Å². The van der Waals surface area contributed by atoms with Crippen molar-refractivity contribution >= 4 is 0 Å². The summed E-state index contributed by atoms with van der Waals surface area (Å²) in [6.45, 7) is 5.74. The minimum Gasteiger partial charge on any atom is -0.314 e. The van der Waals surface area contributed by atoms with Crippen LogP contribution < -0.4 is 5.32 Å². The highest BCUT2D eigenvalue weighted by Crippen LogP contribution is 2.27. The monoisotopic (exact) mass is 127 g/mol. The smallest absolute Gasteiger partial charge is 0.00362 e. The minimum absolute atomic E-state index is 0.727. The zero-order chi connectivity index (χ0) is 6.69. The second-order valence-corrected chi connectivity index (χ2v) is 3.16. The summed E-state index contributed by atoms with van der Waals surface area (Å²) in [4.78, 5) is 0. The molecule has 9 heavy (non-hydrogen) atoms. The summed E-state index contributed by atoms with van der Waals surface area (Å²) >= 11 is 0. The van der Waals surface area contributed by atoms with E-state index in [1.807, 2.05) is 0 Å². The Kier molecular flexibility index (Phi) is 2.52. The van der Waals surface area contributed by atoms with Gasteiger partial charge >= 0.3 is 0 Å². The molecule has 0 spiro atoms. The molecule has 1 atom stereocenters. The van der Waals surface area contributed by atoms with Gasteiger partial charge in [-0.3, -0.25) is 0 Å². The first-order chi connectivity index (χ1) is 4.33. The van der Waals surface area contributed by atoms with E-state index in [9.17, 15) is 0 Å². The molecule has 0 saturated heterocycles. The summed E-state index contributed by atoms with van der Waals surface area (Å²) in [7, 11) is 0. The third-order valence-electron chi connectivity index (χ3n) is 2.06. The third kappa shape index (κ3) is 2.85. The molecule has 0 unspecified atom stereocenters. The number of nitrogens with one attached hydrogen (secondary N) is 1. The van der Waals surface area contributed by atoms with E-state index in [4.69, 9.17) is 0 Å². The molecule has 0 heterocycles. The van der Waals surface area contributed by atoms with Crippen molar-refractivity contribution in [1.82, 2.24) is 5.32 Å². The molecule has 1 rings (SSSR count). The third-order valence-corrected chi connectivity index (χ3v) is 2.06. The van der Waals surface area contributed by atoms with Crippen LogP contribution in [0.4, 0.5) is 0 Å². The average Bonchev–Trinajstić information content (AvgIpc) is 2.65. The first kappa shape index (κ1) is 7.07. The Balaban J connectivity index is 1.90. The van der Waals surface area contributed by atoms with Crippen molar-refractivity contribution in [3.63, 3.8) is 0 Å². The summed E-state index contributed by atoms with van der Waals surface area (Å²) in [5, 5.41) is 3.49. The molecule has 1 N–H and O–H groups in total. The molecular weight excluding hydrogens is 110 g/mol. The van der Waals surface area contributed by atoms with E-state index in [1.165, 1.54) is 25.8 Å². The molecule has 1 heteroatoms. The quantitative estimate of drug-likeness (QED) is 0.607. The van der Waals surface area contributed by atoms with Gasteiger partial charge in [-0.2, -0.15) is 0 Å². The average molecular weight is 127 g/mol. The molecule has 1 aliphatic carbocycles. The number of hydrogen-bond donors (Lipinski definition) is 1. The highest BCUT2D eigenvalue weighted by atomic mass is 14.9. The van der Waals surface area contributed by atoms with E-state index >= 15 is 0 Å². The second kappa shape index (κ2) is 3.21. The maximum Gasteiger partial charge on any atom is 0.00362 e. The lowest BCUT2D eigenvalue weighted by molar-refractivity contribution is 0.516. The summed E-state index contributed by atoms with van der Waals surface area (Å²) in [6, 6.07) is 0.727. The Morgan fingerprint density at radius 3 is 2.67 bits per heavy atom. The molecule has 0 radical (unpaired) electrons. The molecule has 0 bridgehead atoms. The van der Waals surface area contributed by atoms with Gasteiger partial charge in [-0.05, 0) is 38.6 Å². The van der Waals surface area contributed by atoms with Gasteiger partial charge in [0.15, 0.2) is 0 Å². The zero-order valence-electron chi connectivity index (χ0n) is 6.48. The largest absolute Gasteiger partial charge is 0.314 e. The summed E-state index contributed by atoms with van der Waals surface area (Å²) in [5.41, 5.74) is 0. The van der Waals surface area contributed by atoms with Crippen molar-refractivity contribution < 1.29 is 0 Å². The molecule has 0 aromatic rings. The standard InChI is InChI=1S/C8H17N/c1-3-7(2)9-6-8-4-5-8/h7-9H,3-6H2,1-2H3/t7-/m1/s1. The van der Waals surface area contributed by atoms with Crippen LogP contribution in [0.2, 0.25) is 0 Å². The Bertz CT molecular complexity index is 76.6. The van der Waals surface area contributed by atoms with Gasteiger partial charge in [0, 0.05) is 6.04 Å². The maximum atomic E-state index is 3.49. The van der Waals surface area contributed by atoms with Crippen molar-refractivity contribution in [1.29, 1.82) is 0 Å². The van der Waals surface area contributed by atoms with Gasteiger partial charge in [0.05, 0.1) is 0 Å². The minimum atomic E-state index is 0.727. The van der Waals surface area contributed by atoms with E-state index in [-0.39, 0.29) is 0 Å². The topological polar surface area (TPSA) is 12.0 Å². The Morgan fingerprint density at radius 1 is 1.56 bits per heavy atom. The van der Waals surface area contributed by atoms with Gasteiger partial charge in [-0.15, -0.1) is 0 Å². The maximum absolute atomic E-state index is 3.49. The summed E-state index contributed by atoms with van der Waals surface area (Å²) < 4.78 is 0. The first-order valence-corrected chi connectivity index (χ1v) is 4.06. The van der Waals surface area contributed by atoms with Crippen LogP contribution in [0.25, 0.3) is 0 Å². The van der Waals surface area contributed by atoms with E-state index < -0.39 is 0 Å². The zero-order valence-corrected chi connectivity index (χ0v) is 6.48. The molecule has 1 saturated carbocycles. The van der Waals surface area contributed by atoms with E-state index in [2.05, 4.69) is 19.2 Å². The van der Waals surface area contributed by atoms with Crippen molar-refractivity contribution in [3.8, 4) is 0 Å². The fourth-order valence-corrected chi connectivity index (χ4v) is 0.834. The number of rotatable bonds is 4. The number of hydrogen-bond acceptors (Lipinski definition) is 1. The lowest BCUT2D eigenvalue weighted by Crippen LogP contribution is -2.26. The van der Waals surface area contributed by atoms with Crippen LogP contribution in [0, 0.1) is 5.92 Å². The Morgan fingerprint density at radius 2 is 2.22 bits per heavy atom. The first-order valence-electron chi connectivity index (χ1n) is 4.06. The lowest BCUT2D eigenvalue weighted by atomic mass is 10.2. The van der Waals surface area contributed by atoms with Crippen LogP contribution in [0.5, 0.6) is 0 Å². The normalized spacial score (nSPS) is 22.0. The molecule has 0 aliphatic heterocycles. The van der Waals surface area contributed by atoms with E-state index in [0.29, 0.717) is 0 Å². The van der Waals surface area contributed by atoms with Crippen LogP contribution >= 0.6 is 0 Å². The second-order valence-electron chi connectivity index (χ2n) is 3.16. The van der Waals surface area contributed by atoms with Crippen molar-refractivity contribution in [2.75, 3.05) is 6.54 Å². The molecule has 1 nitrogen and oxygen atoms in total. The Labute approximate surface area is 57.8 Å². The van der Waals surface area contributed by atoms with Crippen LogP contribution in [-0.2, 0) is 0 Å². The van der Waals surface area contributed by atoms with Gasteiger partial charge in [0.1, 0.15) is 0 Å². The van der Waals surface area contributed by atoms with Crippen LogP contribution in [0.15, 0.2) is 0 Å². The van der Waals surface area contributed by atoms with E-state index in [0.717, 1.165) is 12.0 Å². The van der Waals surface area contributed by atoms with Crippen LogP contribution in [-0.4, -0.2) is 12.6 Å². The summed E-state index contributed by atoms with van der Waals surface area (Å²) in [5.74, 6) is 1.03. The molecule has 0 aromatic carbocycles. The van der Waals surface area contributed by atoms with E-state index in [1.54, 1.807) is 0 Å². The fourth-order valence-electron chi connectivity index (χ4n) is 0.834. The van der Waals surface area contributed by atoms with Crippen molar-refractivity contribution in [3.05, 3.63) is 0 Å².